The van der Waals surface area contributed by atoms with E-state index in [0.29, 0.717) is 11.5 Å². The summed E-state index contributed by atoms with van der Waals surface area (Å²) in [6, 6.07) is 5.45. The Morgan fingerprint density at radius 1 is 1.21 bits per heavy atom. The highest BCUT2D eigenvalue weighted by atomic mass is 19.1. The summed E-state index contributed by atoms with van der Waals surface area (Å²) in [5.74, 6) is 7.64. The van der Waals surface area contributed by atoms with Gasteiger partial charge in [0.1, 0.15) is 5.82 Å². The van der Waals surface area contributed by atoms with Crippen LogP contribution in [0.2, 0.25) is 0 Å². The molecule has 1 saturated carbocycles. The molecule has 3 atom stereocenters. The Morgan fingerprint density at radius 3 is 2.37 bits per heavy atom. The summed E-state index contributed by atoms with van der Waals surface area (Å²) in [5, 5.41) is 0. The molecule has 1 aromatic carbocycles. The van der Waals surface area contributed by atoms with Gasteiger partial charge in [0.05, 0.1) is 0 Å². The minimum atomic E-state index is -0.148. The highest BCUT2D eigenvalue weighted by Crippen LogP contribution is 2.39. The predicted octanol–water partition coefficient (Wildman–Crippen LogP) is 3.71. The molecule has 0 bridgehead atoms. The lowest BCUT2D eigenvalue weighted by molar-refractivity contribution is 0.177. The van der Waals surface area contributed by atoms with Crippen molar-refractivity contribution >= 4 is 0 Å². The number of hydrazine groups is 1. The summed E-state index contributed by atoms with van der Waals surface area (Å²) < 4.78 is 13.4. The molecule has 0 aliphatic heterocycles. The van der Waals surface area contributed by atoms with Crippen LogP contribution in [-0.4, -0.2) is 0 Å². The summed E-state index contributed by atoms with van der Waals surface area (Å²) in [5.41, 5.74) is 4.75. The molecule has 1 aliphatic carbocycles. The maximum Gasteiger partial charge on any atom is 0.126 e. The van der Waals surface area contributed by atoms with Gasteiger partial charge in [0.2, 0.25) is 0 Å². The van der Waals surface area contributed by atoms with Crippen LogP contribution in [0, 0.1) is 30.5 Å². The van der Waals surface area contributed by atoms with Gasteiger partial charge >= 0.3 is 0 Å². The number of rotatable bonds is 3. The van der Waals surface area contributed by atoms with Crippen molar-refractivity contribution < 1.29 is 4.39 Å². The minimum Gasteiger partial charge on any atom is -0.271 e. The van der Waals surface area contributed by atoms with E-state index in [1.54, 1.807) is 13.0 Å². The smallest absolute Gasteiger partial charge is 0.126 e. The monoisotopic (exact) mass is 264 g/mol. The molecule has 2 nitrogen and oxygen atoms in total. The summed E-state index contributed by atoms with van der Waals surface area (Å²) in [6.45, 7) is 6.43. The summed E-state index contributed by atoms with van der Waals surface area (Å²) in [4.78, 5) is 0. The van der Waals surface area contributed by atoms with Crippen molar-refractivity contribution in [1.29, 1.82) is 0 Å². The van der Waals surface area contributed by atoms with Gasteiger partial charge in [0.25, 0.3) is 0 Å². The van der Waals surface area contributed by atoms with Crippen molar-refractivity contribution in [3.63, 3.8) is 0 Å². The van der Waals surface area contributed by atoms with E-state index < -0.39 is 0 Å². The molecule has 1 aromatic rings. The number of hydrogen-bond donors (Lipinski definition) is 2. The zero-order valence-electron chi connectivity index (χ0n) is 12.1. The van der Waals surface area contributed by atoms with Gasteiger partial charge < -0.3 is 0 Å². The number of nitrogens with one attached hydrogen (secondary N) is 1. The lowest BCUT2D eigenvalue weighted by Crippen LogP contribution is -2.37. The fourth-order valence-electron chi connectivity index (χ4n) is 3.65. The second kappa shape index (κ2) is 6.02. The van der Waals surface area contributed by atoms with Gasteiger partial charge in [-0.2, -0.15) is 0 Å². The maximum atomic E-state index is 13.4. The van der Waals surface area contributed by atoms with E-state index in [1.807, 2.05) is 12.1 Å². The Labute approximate surface area is 115 Å². The molecule has 0 saturated heterocycles. The molecule has 106 valence electrons. The first-order chi connectivity index (χ1) is 9.01. The zero-order valence-corrected chi connectivity index (χ0v) is 12.1. The molecule has 3 unspecified atom stereocenters. The molecular weight excluding hydrogens is 239 g/mol. The molecule has 19 heavy (non-hydrogen) atoms. The number of benzene rings is 1. The SMILES string of the molecule is Cc1cc(C(NN)C2CC(C)CC(C)C2)ccc1F. The molecule has 0 aromatic heterocycles. The van der Waals surface area contributed by atoms with Crippen LogP contribution in [-0.2, 0) is 0 Å². The Balaban J connectivity index is 2.21. The quantitative estimate of drug-likeness (QED) is 0.645. The van der Waals surface area contributed by atoms with Gasteiger partial charge in [-0.3, -0.25) is 11.3 Å². The largest absolute Gasteiger partial charge is 0.271 e. The third kappa shape index (κ3) is 3.34. The van der Waals surface area contributed by atoms with Crippen LogP contribution < -0.4 is 11.3 Å². The Hall–Kier alpha value is -0.930. The second-order valence-electron chi connectivity index (χ2n) is 6.33. The lowest BCUT2D eigenvalue weighted by Gasteiger charge is -2.36. The minimum absolute atomic E-state index is 0.129. The molecular formula is C16H25FN2. The van der Waals surface area contributed by atoms with Crippen LogP contribution in [0.3, 0.4) is 0 Å². The summed E-state index contributed by atoms with van der Waals surface area (Å²) in [6.07, 6.45) is 3.68. The van der Waals surface area contributed by atoms with E-state index in [9.17, 15) is 4.39 Å². The van der Waals surface area contributed by atoms with E-state index in [4.69, 9.17) is 5.84 Å². The van der Waals surface area contributed by atoms with Crippen LogP contribution in [0.5, 0.6) is 0 Å². The van der Waals surface area contributed by atoms with Gasteiger partial charge in [-0.1, -0.05) is 26.0 Å². The Kier molecular flexibility index (Phi) is 4.58. The molecule has 2 rings (SSSR count). The summed E-state index contributed by atoms with van der Waals surface area (Å²) in [7, 11) is 0. The topological polar surface area (TPSA) is 38.0 Å². The third-order valence-electron chi connectivity index (χ3n) is 4.41. The van der Waals surface area contributed by atoms with Crippen molar-refractivity contribution in [2.75, 3.05) is 0 Å². The van der Waals surface area contributed by atoms with E-state index in [2.05, 4.69) is 19.3 Å². The lowest BCUT2D eigenvalue weighted by atomic mass is 9.72. The van der Waals surface area contributed by atoms with Gasteiger partial charge in [-0.15, -0.1) is 0 Å². The Morgan fingerprint density at radius 2 is 1.84 bits per heavy atom. The van der Waals surface area contributed by atoms with E-state index in [1.165, 1.54) is 19.3 Å². The second-order valence-corrected chi connectivity index (χ2v) is 6.33. The predicted molar refractivity (Wildman–Crippen MR) is 76.9 cm³/mol. The van der Waals surface area contributed by atoms with E-state index in [0.717, 1.165) is 17.4 Å². The van der Waals surface area contributed by atoms with Crippen LogP contribution in [0.25, 0.3) is 0 Å². The highest BCUT2D eigenvalue weighted by Gasteiger charge is 2.30. The summed E-state index contributed by atoms with van der Waals surface area (Å²) >= 11 is 0. The van der Waals surface area contributed by atoms with Crippen LogP contribution in [0.1, 0.15) is 50.3 Å². The highest BCUT2D eigenvalue weighted by molar-refractivity contribution is 5.27. The van der Waals surface area contributed by atoms with Gasteiger partial charge in [0.15, 0.2) is 0 Å². The van der Waals surface area contributed by atoms with Crippen molar-refractivity contribution in [3.8, 4) is 0 Å². The van der Waals surface area contributed by atoms with Crippen LogP contribution in [0.15, 0.2) is 18.2 Å². The van der Waals surface area contributed by atoms with Crippen molar-refractivity contribution in [1.82, 2.24) is 5.43 Å². The van der Waals surface area contributed by atoms with Crippen LogP contribution >= 0.6 is 0 Å². The Bertz CT molecular complexity index is 423. The fraction of sp³-hybridized carbons (Fsp3) is 0.625. The standard InChI is InChI=1S/C16H25FN2/c1-10-6-11(2)8-14(7-10)16(19-18)13-4-5-15(17)12(3)9-13/h4-5,9-11,14,16,19H,6-8,18H2,1-3H3. The molecule has 0 amide bonds. The number of nitrogens with two attached hydrogens (primary N) is 1. The first kappa shape index (κ1) is 14.5. The fourth-order valence-corrected chi connectivity index (χ4v) is 3.65. The number of hydrogen-bond acceptors (Lipinski definition) is 2. The molecule has 0 radical (unpaired) electrons. The zero-order chi connectivity index (χ0) is 14.0. The molecule has 1 aliphatic rings. The van der Waals surface area contributed by atoms with Gasteiger partial charge in [0, 0.05) is 6.04 Å². The average Bonchev–Trinajstić information content (AvgIpc) is 2.33. The van der Waals surface area contributed by atoms with E-state index >= 15 is 0 Å². The first-order valence-electron chi connectivity index (χ1n) is 7.23. The average molecular weight is 264 g/mol. The van der Waals surface area contributed by atoms with Crippen molar-refractivity contribution in [3.05, 3.63) is 35.1 Å². The number of halogens is 1. The van der Waals surface area contributed by atoms with E-state index in [-0.39, 0.29) is 11.9 Å². The normalized spacial score (nSPS) is 29.2. The number of aryl methyl sites for hydroxylation is 1. The molecule has 3 N–H and O–H groups in total. The van der Waals surface area contributed by atoms with Crippen molar-refractivity contribution in [2.24, 2.45) is 23.6 Å². The van der Waals surface area contributed by atoms with Gasteiger partial charge in [-0.05, 0) is 61.1 Å². The molecule has 1 fully saturated rings. The van der Waals surface area contributed by atoms with Gasteiger partial charge in [-0.25, -0.2) is 4.39 Å². The molecule has 0 heterocycles. The van der Waals surface area contributed by atoms with Crippen LogP contribution in [0.4, 0.5) is 4.39 Å². The molecule has 0 spiro atoms. The van der Waals surface area contributed by atoms with Crippen molar-refractivity contribution in [2.45, 2.75) is 46.1 Å². The third-order valence-corrected chi connectivity index (χ3v) is 4.41. The molecule has 3 heteroatoms. The first-order valence-corrected chi connectivity index (χ1v) is 7.23. The maximum absolute atomic E-state index is 13.4.